The number of carbonyl (C=O) groups excluding carboxylic acids is 1. The zero-order valence-corrected chi connectivity index (χ0v) is 17.2. The number of rotatable bonds is 5. The van der Waals surface area contributed by atoms with E-state index >= 15 is 0 Å². The molecule has 0 bridgehead atoms. The summed E-state index contributed by atoms with van der Waals surface area (Å²) in [6.07, 6.45) is 5.48. The fraction of sp³-hybridized carbons (Fsp3) is 0.286. The number of nitrogens with zero attached hydrogens (tertiary/aromatic N) is 4. The Labute approximate surface area is 173 Å². The molecule has 0 saturated heterocycles. The average Bonchev–Trinajstić information content (AvgIpc) is 3.43. The third-order valence-electron chi connectivity index (χ3n) is 4.96. The Kier molecular flexibility index (Phi) is 5.13. The highest BCUT2D eigenvalue weighted by Crippen LogP contribution is 2.43. The second-order valence-electron chi connectivity index (χ2n) is 7.21. The third kappa shape index (κ3) is 3.77. The number of benzene rings is 1. The van der Waals surface area contributed by atoms with Crippen LogP contribution in [0.5, 0.6) is 0 Å². The Morgan fingerprint density at radius 2 is 2.00 bits per heavy atom. The van der Waals surface area contributed by atoms with E-state index in [0.717, 1.165) is 35.3 Å². The summed E-state index contributed by atoms with van der Waals surface area (Å²) in [6, 6.07) is 9.45. The van der Waals surface area contributed by atoms with Crippen LogP contribution >= 0.6 is 23.2 Å². The van der Waals surface area contributed by atoms with Gasteiger partial charge in [-0.05, 0) is 49.1 Å². The van der Waals surface area contributed by atoms with Crippen LogP contribution in [0.15, 0.2) is 42.7 Å². The SMILES string of the molecule is Cc1ccc(-n2ncc(C(=O)N(C)Cc3ccc(Cl)nc3)c2C2CC2)cc1Cl. The van der Waals surface area contributed by atoms with Crippen molar-refractivity contribution in [3.63, 3.8) is 0 Å². The molecule has 0 aliphatic heterocycles. The van der Waals surface area contributed by atoms with E-state index in [1.165, 1.54) is 0 Å². The molecule has 2 heterocycles. The zero-order chi connectivity index (χ0) is 19.8. The molecule has 5 nitrogen and oxygen atoms in total. The van der Waals surface area contributed by atoms with Crippen molar-refractivity contribution in [2.45, 2.75) is 32.2 Å². The lowest BCUT2D eigenvalue weighted by Crippen LogP contribution is -2.27. The lowest BCUT2D eigenvalue weighted by molar-refractivity contribution is 0.0784. The highest BCUT2D eigenvalue weighted by atomic mass is 35.5. The van der Waals surface area contributed by atoms with Crippen LogP contribution in [0.1, 0.15) is 45.9 Å². The molecule has 1 aromatic carbocycles. The molecule has 1 saturated carbocycles. The third-order valence-corrected chi connectivity index (χ3v) is 5.59. The van der Waals surface area contributed by atoms with Gasteiger partial charge in [0.15, 0.2) is 0 Å². The van der Waals surface area contributed by atoms with Crippen molar-refractivity contribution < 1.29 is 4.79 Å². The van der Waals surface area contributed by atoms with E-state index in [1.54, 1.807) is 30.4 Å². The molecule has 1 aliphatic carbocycles. The van der Waals surface area contributed by atoms with Gasteiger partial charge in [-0.2, -0.15) is 5.10 Å². The molecule has 7 heteroatoms. The van der Waals surface area contributed by atoms with Crippen molar-refractivity contribution in [3.05, 3.63) is 75.3 Å². The maximum atomic E-state index is 13.1. The summed E-state index contributed by atoms with van der Waals surface area (Å²) in [4.78, 5) is 18.9. The Morgan fingerprint density at radius 3 is 2.64 bits per heavy atom. The summed E-state index contributed by atoms with van der Waals surface area (Å²) in [7, 11) is 1.79. The summed E-state index contributed by atoms with van der Waals surface area (Å²) < 4.78 is 1.86. The predicted octanol–water partition coefficient (Wildman–Crippen LogP) is 5.03. The minimum atomic E-state index is -0.0543. The largest absolute Gasteiger partial charge is 0.337 e. The molecule has 0 spiro atoms. The van der Waals surface area contributed by atoms with Crippen LogP contribution in [0.4, 0.5) is 0 Å². The standard InChI is InChI=1S/C21H20Cl2N4O/c1-13-3-7-16(9-18(13)22)27-20(15-5-6-15)17(11-25-27)21(28)26(2)12-14-4-8-19(23)24-10-14/h3-4,7-11,15H,5-6,12H2,1-2H3. The topological polar surface area (TPSA) is 51.0 Å². The minimum absolute atomic E-state index is 0.0543. The maximum absolute atomic E-state index is 13.1. The molecular formula is C21H20Cl2N4O. The number of carbonyl (C=O) groups is 1. The molecule has 3 aromatic rings. The molecule has 4 rings (SSSR count). The molecule has 0 radical (unpaired) electrons. The summed E-state index contributed by atoms with van der Waals surface area (Å²) in [5.41, 5.74) is 4.42. The maximum Gasteiger partial charge on any atom is 0.257 e. The van der Waals surface area contributed by atoms with Gasteiger partial charge in [0.2, 0.25) is 0 Å². The van der Waals surface area contributed by atoms with Crippen LogP contribution in [0.3, 0.4) is 0 Å². The molecule has 0 atom stereocenters. The number of pyridine rings is 1. The van der Waals surface area contributed by atoms with Crippen molar-refractivity contribution in [1.29, 1.82) is 0 Å². The molecule has 1 fully saturated rings. The van der Waals surface area contributed by atoms with E-state index in [1.807, 2.05) is 35.9 Å². The van der Waals surface area contributed by atoms with Crippen molar-refractivity contribution in [1.82, 2.24) is 19.7 Å². The van der Waals surface area contributed by atoms with Gasteiger partial charge in [0.05, 0.1) is 23.1 Å². The van der Waals surface area contributed by atoms with Gasteiger partial charge in [0.1, 0.15) is 5.15 Å². The summed E-state index contributed by atoms with van der Waals surface area (Å²) >= 11 is 12.1. The van der Waals surface area contributed by atoms with Crippen LogP contribution in [0, 0.1) is 6.92 Å². The van der Waals surface area contributed by atoms with Crippen molar-refractivity contribution in [2.75, 3.05) is 7.05 Å². The monoisotopic (exact) mass is 414 g/mol. The highest BCUT2D eigenvalue weighted by Gasteiger charge is 2.33. The normalized spacial score (nSPS) is 13.6. The molecule has 144 valence electrons. The van der Waals surface area contributed by atoms with E-state index in [-0.39, 0.29) is 5.91 Å². The molecule has 1 aliphatic rings. The quantitative estimate of drug-likeness (QED) is 0.549. The van der Waals surface area contributed by atoms with Gasteiger partial charge in [-0.1, -0.05) is 35.3 Å². The number of amides is 1. The van der Waals surface area contributed by atoms with Gasteiger partial charge < -0.3 is 4.90 Å². The molecular weight excluding hydrogens is 395 g/mol. The van der Waals surface area contributed by atoms with E-state index < -0.39 is 0 Å². The summed E-state index contributed by atoms with van der Waals surface area (Å²) in [5, 5.41) is 5.65. The van der Waals surface area contributed by atoms with E-state index in [0.29, 0.717) is 28.2 Å². The molecule has 1 amide bonds. The number of hydrogen-bond acceptors (Lipinski definition) is 3. The highest BCUT2D eigenvalue weighted by molar-refractivity contribution is 6.31. The molecule has 0 unspecified atom stereocenters. The Morgan fingerprint density at radius 1 is 1.21 bits per heavy atom. The lowest BCUT2D eigenvalue weighted by Gasteiger charge is -2.18. The van der Waals surface area contributed by atoms with Gasteiger partial charge in [-0.25, -0.2) is 9.67 Å². The first kappa shape index (κ1) is 19.0. The Balaban J connectivity index is 1.64. The summed E-state index contributed by atoms with van der Waals surface area (Å²) in [6.45, 7) is 2.42. The minimum Gasteiger partial charge on any atom is -0.337 e. The van der Waals surface area contributed by atoms with Crippen LogP contribution in [0.2, 0.25) is 10.2 Å². The van der Waals surface area contributed by atoms with Gasteiger partial charge in [0, 0.05) is 30.7 Å². The van der Waals surface area contributed by atoms with E-state index in [2.05, 4.69) is 10.1 Å². The van der Waals surface area contributed by atoms with Crippen LogP contribution in [-0.4, -0.2) is 32.6 Å². The van der Waals surface area contributed by atoms with Crippen LogP contribution in [0.25, 0.3) is 5.69 Å². The first-order valence-electron chi connectivity index (χ1n) is 9.14. The van der Waals surface area contributed by atoms with Gasteiger partial charge in [0.25, 0.3) is 5.91 Å². The molecule has 0 N–H and O–H groups in total. The number of hydrogen-bond donors (Lipinski definition) is 0. The Hall–Kier alpha value is -2.37. The van der Waals surface area contributed by atoms with E-state index in [4.69, 9.17) is 23.2 Å². The smallest absolute Gasteiger partial charge is 0.257 e. The fourth-order valence-electron chi connectivity index (χ4n) is 3.24. The van der Waals surface area contributed by atoms with Crippen molar-refractivity contribution >= 4 is 29.1 Å². The average molecular weight is 415 g/mol. The number of aryl methyl sites for hydroxylation is 1. The fourth-order valence-corrected chi connectivity index (χ4v) is 3.53. The van der Waals surface area contributed by atoms with Gasteiger partial charge in [-0.3, -0.25) is 4.79 Å². The van der Waals surface area contributed by atoms with Crippen molar-refractivity contribution in [3.8, 4) is 5.69 Å². The lowest BCUT2D eigenvalue weighted by atomic mass is 10.1. The van der Waals surface area contributed by atoms with Crippen LogP contribution < -0.4 is 0 Å². The summed E-state index contributed by atoms with van der Waals surface area (Å²) in [5.74, 6) is 0.299. The molecule has 28 heavy (non-hydrogen) atoms. The van der Waals surface area contributed by atoms with Crippen molar-refractivity contribution in [2.24, 2.45) is 0 Å². The Bertz CT molecular complexity index is 1030. The predicted molar refractivity (Wildman–Crippen MR) is 110 cm³/mol. The van der Waals surface area contributed by atoms with E-state index in [9.17, 15) is 4.79 Å². The number of halogens is 2. The second-order valence-corrected chi connectivity index (χ2v) is 8.01. The van der Waals surface area contributed by atoms with Crippen LogP contribution in [-0.2, 0) is 6.54 Å². The van der Waals surface area contributed by atoms with Gasteiger partial charge in [-0.15, -0.1) is 0 Å². The first-order chi connectivity index (χ1) is 13.4. The van der Waals surface area contributed by atoms with Gasteiger partial charge >= 0.3 is 0 Å². The second kappa shape index (κ2) is 7.57. The molecule has 2 aromatic heterocycles. The first-order valence-corrected chi connectivity index (χ1v) is 9.90. The number of aromatic nitrogens is 3. The zero-order valence-electron chi connectivity index (χ0n) is 15.7.